The number of urea groups is 1. The molecule has 0 aliphatic carbocycles. The predicted octanol–water partition coefficient (Wildman–Crippen LogP) is 1.23. The highest BCUT2D eigenvalue weighted by Crippen LogP contribution is 2.18. The van der Waals surface area contributed by atoms with Crippen molar-refractivity contribution in [3.63, 3.8) is 0 Å². The van der Waals surface area contributed by atoms with Crippen molar-refractivity contribution in [3.8, 4) is 0 Å². The van der Waals surface area contributed by atoms with E-state index in [0.717, 1.165) is 12.1 Å². The lowest BCUT2D eigenvalue weighted by molar-refractivity contribution is -0.118. The molecule has 28 heavy (non-hydrogen) atoms. The van der Waals surface area contributed by atoms with E-state index in [1.165, 1.54) is 11.0 Å². The van der Waals surface area contributed by atoms with Crippen molar-refractivity contribution in [2.75, 3.05) is 18.8 Å². The van der Waals surface area contributed by atoms with E-state index in [4.69, 9.17) is 5.11 Å². The van der Waals surface area contributed by atoms with E-state index in [1.807, 2.05) is 0 Å². The highest BCUT2D eigenvalue weighted by molar-refractivity contribution is 7.89. The molecule has 1 aliphatic heterocycles. The van der Waals surface area contributed by atoms with Gasteiger partial charge in [-0.1, -0.05) is 12.5 Å². The first kappa shape index (κ1) is 21.8. The van der Waals surface area contributed by atoms with Crippen LogP contribution < -0.4 is 10.0 Å². The molecule has 1 fully saturated rings. The first-order chi connectivity index (χ1) is 13.1. The average Bonchev–Trinajstić information content (AvgIpc) is 2.91. The Balaban J connectivity index is 1.80. The summed E-state index contributed by atoms with van der Waals surface area (Å²) >= 11 is 0. The fraction of sp³-hybridized carbons (Fsp3) is 0.471. The third-order valence-electron chi connectivity index (χ3n) is 4.29. The first-order valence-electron chi connectivity index (χ1n) is 8.70. The normalized spacial score (nSPS) is 15.6. The number of amides is 3. The maximum absolute atomic E-state index is 13.5. The number of carbonyl (C=O) groups is 3. The van der Waals surface area contributed by atoms with Gasteiger partial charge >= 0.3 is 12.0 Å². The van der Waals surface area contributed by atoms with Crippen LogP contribution in [-0.4, -0.2) is 55.2 Å². The van der Waals surface area contributed by atoms with Crippen LogP contribution in [0.25, 0.3) is 0 Å². The van der Waals surface area contributed by atoms with E-state index in [1.54, 1.807) is 6.92 Å². The summed E-state index contributed by atoms with van der Waals surface area (Å²) in [5, 5.41) is 11.1. The average molecular weight is 415 g/mol. The molecule has 1 heterocycles. The number of carboxylic acids is 1. The number of imide groups is 1. The number of halogens is 1. The van der Waals surface area contributed by atoms with Gasteiger partial charge in [-0.2, -0.15) is 0 Å². The van der Waals surface area contributed by atoms with Crippen molar-refractivity contribution in [1.82, 2.24) is 14.9 Å². The lowest BCUT2D eigenvalue weighted by Gasteiger charge is -2.16. The van der Waals surface area contributed by atoms with Crippen molar-refractivity contribution in [2.24, 2.45) is 0 Å². The van der Waals surface area contributed by atoms with Crippen LogP contribution in [0.4, 0.5) is 9.18 Å². The Labute approximate surface area is 162 Å². The molecular weight excluding hydrogens is 393 g/mol. The molecule has 1 saturated heterocycles. The molecule has 0 saturated carbocycles. The Morgan fingerprint density at radius 1 is 1.32 bits per heavy atom. The van der Waals surface area contributed by atoms with Crippen LogP contribution in [-0.2, 0) is 14.8 Å². The summed E-state index contributed by atoms with van der Waals surface area (Å²) in [4.78, 5) is 34.8. The number of unbranched alkanes of at least 4 members (excludes halogenated alkanes) is 2. The number of carbonyl (C=O) groups excluding carboxylic acids is 2. The van der Waals surface area contributed by atoms with Crippen LogP contribution in [0.15, 0.2) is 18.2 Å². The minimum absolute atomic E-state index is 0.0200. The summed E-state index contributed by atoms with van der Waals surface area (Å²) in [6.07, 6.45) is 1.47. The fourth-order valence-corrected chi connectivity index (χ4v) is 4.18. The Morgan fingerprint density at radius 2 is 2.04 bits per heavy atom. The monoisotopic (exact) mass is 415 g/mol. The maximum atomic E-state index is 13.5. The zero-order chi connectivity index (χ0) is 20.9. The molecule has 0 bridgehead atoms. The summed E-state index contributed by atoms with van der Waals surface area (Å²) < 4.78 is 40.3. The van der Waals surface area contributed by atoms with Gasteiger partial charge in [0.05, 0.1) is 11.3 Å². The molecule has 1 atom stereocenters. The number of aromatic carboxylic acids is 1. The Kier molecular flexibility index (Phi) is 7.08. The van der Waals surface area contributed by atoms with Crippen LogP contribution in [0.5, 0.6) is 0 Å². The molecule has 0 aromatic heterocycles. The van der Waals surface area contributed by atoms with E-state index in [0.29, 0.717) is 31.4 Å². The van der Waals surface area contributed by atoms with Crippen molar-refractivity contribution >= 4 is 27.9 Å². The molecule has 3 amide bonds. The number of rotatable bonds is 10. The third kappa shape index (κ3) is 5.99. The molecule has 3 N–H and O–H groups in total. The van der Waals surface area contributed by atoms with E-state index in [-0.39, 0.29) is 18.2 Å². The zero-order valence-electron chi connectivity index (χ0n) is 15.3. The number of nitrogens with zero attached hydrogens (tertiary/aromatic N) is 1. The largest absolute Gasteiger partial charge is 0.478 e. The first-order valence-corrected chi connectivity index (χ1v) is 10.4. The molecule has 11 heteroatoms. The van der Waals surface area contributed by atoms with Gasteiger partial charge in [0.25, 0.3) is 0 Å². The second kappa shape index (κ2) is 9.11. The van der Waals surface area contributed by atoms with Gasteiger partial charge in [0.15, 0.2) is 0 Å². The molecular formula is C17H22FN3O6S. The lowest BCUT2D eigenvalue weighted by atomic mass is 10.1. The molecule has 2 rings (SSSR count). The van der Waals surface area contributed by atoms with Gasteiger partial charge in [-0.05, 0) is 37.5 Å². The number of hydrogen-bond donors (Lipinski definition) is 3. The highest BCUT2D eigenvalue weighted by Gasteiger charge is 2.25. The van der Waals surface area contributed by atoms with E-state index in [2.05, 4.69) is 10.0 Å². The van der Waals surface area contributed by atoms with Gasteiger partial charge in [-0.15, -0.1) is 0 Å². The van der Waals surface area contributed by atoms with Gasteiger partial charge in [-0.3, -0.25) is 10.1 Å². The molecule has 9 nitrogen and oxygen atoms in total. The smallest absolute Gasteiger partial charge is 0.338 e. The SMILES string of the molecule is CC(NS(=O)(=O)CCCCCN1CC(=O)NC1=O)c1ccc(F)c(C(=O)O)c1. The van der Waals surface area contributed by atoms with E-state index >= 15 is 0 Å². The molecule has 1 aromatic rings. The van der Waals surface area contributed by atoms with Gasteiger partial charge in [0.1, 0.15) is 12.4 Å². The topological polar surface area (TPSA) is 133 Å². The van der Waals surface area contributed by atoms with Crippen LogP contribution >= 0.6 is 0 Å². The summed E-state index contributed by atoms with van der Waals surface area (Å²) in [5.41, 5.74) is -0.180. The standard InChI is InChI=1S/C17H22FN3O6S/c1-11(12-5-6-14(18)13(9-12)16(23)24)20-28(26,27)8-4-2-3-7-21-10-15(22)19-17(21)25/h5-6,9,11,20H,2-4,7-8,10H2,1H3,(H,23,24)(H,19,22,25). The number of benzene rings is 1. The highest BCUT2D eigenvalue weighted by atomic mass is 32.2. The van der Waals surface area contributed by atoms with Crippen LogP contribution in [0, 0.1) is 5.82 Å². The minimum Gasteiger partial charge on any atom is -0.478 e. The Morgan fingerprint density at radius 3 is 2.64 bits per heavy atom. The Hall–Kier alpha value is -2.53. The second-order valence-electron chi connectivity index (χ2n) is 6.54. The third-order valence-corrected chi connectivity index (χ3v) is 5.83. The molecule has 0 spiro atoms. The molecule has 1 aliphatic rings. The number of nitrogens with one attached hydrogen (secondary N) is 2. The minimum atomic E-state index is -3.63. The van der Waals surface area contributed by atoms with E-state index < -0.39 is 39.4 Å². The zero-order valence-corrected chi connectivity index (χ0v) is 16.1. The van der Waals surface area contributed by atoms with Crippen molar-refractivity contribution < 1.29 is 32.3 Å². The van der Waals surface area contributed by atoms with Crippen molar-refractivity contribution in [3.05, 3.63) is 35.1 Å². The molecule has 154 valence electrons. The van der Waals surface area contributed by atoms with Crippen LogP contribution in [0.2, 0.25) is 0 Å². The van der Waals surface area contributed by atoms with E-state index in [9.17, 15) is 27.2 Å². The lowest BCUT2D eigenvalue weighted by Crippen LogP contribution is -2.30. The van der Waals surface area contributed by atoms with Crippen molar-refractivity contribution in [2.45, 2.75) is 32.2 Å². The van der Waals surface area contributed by atoms with Crippen LogP contribution in [0.3, 0.4) is 0 Å². The molecule has 1 aromatic carbocycles. The summed E-state index contributed by atoms with van der Waals surface area (Å²) in [6, 6.07) is 2.27. The second-order valence-corrected chi connectivity index (χ2v) is 8.41. The molecule has 1 unspecified atom stereocenters. The van der Waals surface area contributed by atoms with Gasteiger partial charge in [0.2, 0.25) is 15.9 Å². The summed E-state index contributed by atoms with van der Waals surface area (Å²) in [6.45, 7) is 1.93. The molecule has 0 radical (unpaired) electrons. The van der Waals surface area contributed by atoms with Gasteiger partial charge in [-0.25, -0.2) is 27.1 Å². The number of carboxylic acid groups (broad SMARTS) is 1. The Bertz CT molecular complexity index is 874. The number of hydrogen-bond acceptors (Lipinski definition) is 5. The fourth-order valence-electron chi connectivity index (χ4n) is 2.81. The van der Waals surface area contributed by atoms with Gasteiger partial charge < -0.3 is 10.0 Å². The summed E-state index contributed by atoms with van der Waals surface area (Å²) in [5.74, 6) is -2.81. The number of sulfonamides is 1. The van der Waals surface area contributed by atoms with Crippen LogP contribution in [0.1, 0.15) is 48.1 Å². The maximum Gasteiger partial charge on any atom is 0.338 e. The summed E-state index contributed by atoms with van der Waals surface area (Å²) in [7, 11) is -3.63. The van der Waals surface area contributed by atoms with Gasteiger partial charge in [0, 0.05) is 12.6 Å². The quantitative estimate of drug-likeness (QED) is 0.389. The van der Waals surface area contributed by atoms with Crippen molar-refractivity contribution in [1.29, 1.82) is 0 Å². The predicted molar refractivity (Wildman–Crippen MR) is 97.7 cm³/mol.